The molecule has 2 aliphatic heterocycles. The second kappa shape index (κ2) is 9.28. The fraction of sp³-hybridized carbons (Fsp3) is 0.619. The third-order valence-electron chi connectivity index (χ3n) is 6.23. The van der Waals surface area contributed by atoms with Crippen LogP contribution in [-0.2, 0) is 4.74 Å². The van der Waals surface area contributed by atoms with Crippen molar-refractivity contribution in [1.29, 1.82) is 0 Å². The van der Waals surface area contributed by atoms with Crippen LogP contribution in [0.4, 0.5) is 10.6 Å². The van der Waals surface area contributed by atoms with Crippen molar-refractivity contribution in [3.63, 3.8) is 0 Å². The van der Waals surface area contributed by atoms with Crippen LogP contribution in [0.2, 0.25) is 0 Å². The van der Waals surface area contributed by atoms with E-state index in [2.05, 4.69) is 33.1 Å². The first kappa shape index (κ1) is 22.3. The molecule has 0 radical (unpaired) electrons. The van der Waals surface area contributed by atoms with E-state index in [1.165, 1.54) is 22.1 Å². The predicted octanol–water partition coefficient (Wildman–Crippen LogP) is 1.19. The van der Waals surface area contributed by atoms with Crippen molar-refractivity contribution >= 4 is 23.1 Å². The molecular formula is C21H28N6O5. The molecule has 2 fully saturated rings. The van der Waals surface area contributed by atoms with Crippen molar-refractivity contribution in [1.82, 2.24) is 24.4 Å². The summed E-state index contributed by atoms with van der Waals surface area (Å²) in [5.41, 5.74) is 0.926. The SMILES string of the molecule is C#C[C@H]1O[C@@H](n2cnc3c(NC4CCN(C(=O)O)C(CCCC)C4)ncnc32)[C@H](O)[C@@H]1O. The minimum absolute atomic E-state index is 0.0386. The van der Waals surface area contributed by atoms with Crippen LogP contribution in [0.3, 0.4) is 0 Å². The molecule has 2 aromatic rings. The Kier molecular flexibility index (Phi) is 6.45. The lowest BCUT2D eigenvalue weighted by Gasteiger charge is -2.38. The molecule has 2 aromatic heterocycles. The normalized spacial score (nSPS) is 30.4. The Hall–Kier alpha value is -2.94. The quantitative estimate of drug-likeness (QED) is 0.483. The van der Waals surface area contributed by atoms with Crippen LogP contribution in [0.15, 0.2) is 12.7 Å². The molecule has 0 spiro atoms. The molecule has 0 bridgehead atoms. The number of fused-ring (bicyclic) bond motifs is 1. The number of nitrogens with zero attached hydrogens (tertiary/aromatic N) is 5. The van der Waals surface area contributed by atoms with E-state index in [1.54, 1.807) is 0 Å². The van der Waals surface area contributed by atoms with Gasteiger partial charge in [-0.15, -0.1) is 6.42 Å². The van der Waals surface area contributed by atoms with Gasteiger partial charge in [0, 0.05) is 18.6 Å². The number of aromatic nitrogens is 4. The van der Waals surface area contributed by atoms with Gasteiger partial charge < -0.3 is 30.3 Å². The van der Waals surface area contributed by atoms with E-state index < -0.39 is 30.6 Å². The summed E-state index contributed by atoms with van der Waals surface area (Å²) in [6, 6.07) is -0.00512. The zero-order valence-corrected chi connectivity index (χ0v) is 17.8. The van der Waals surface area contributed by atoms with Crippen molar-refractivity contribution in [2.24, 2.45) is 0 Å². The molecule has 0 aliphatic carbocycles. The number of piperidine rings is 1. The topological polar surface area (TPSA) is 146 Å². The Bertz CT molecular complexity index is 1010. The lowest BCUT2D eigenvalue weighted by molar-refractivity contribution is -0.0230. The maximum atomic E-state index is 11.6. The number of amides is 1. The molecule has 11 heteroatoms. The molecule has 1 amide bonds. The molecule has 2 aliphatic rings. The fourth-order valence-corrected chi connectivity index (χ4v) is 4.51. The van der Waals surface area contributed by atoms with E-state index in [0.717, 1.165) is 19.3 Å². The minimum Gasteiger partial charge on any atom is -0.465 e. The maximum absolute atomic E-state index is 11.6. The van der Waals surface area contributed by atoms with E-state index in [9.17, 15) is 20.1 Å². The summed E-state index contributed by atoms with van der Waals surface area (Å²) >= 11 is 0. The minimum atomic E-state index is -1.22. The average Bonchev–Trinajstić information content (AvgIpc) is 3.34. The van der Waals surface area contributed by atoms with E-state index in [0.29, 0.717) is 36.4 Å². The summed E-state index contributed by atoms with van der Waals surface area (Å²) in [7, 11) is 0. The van der Waals surface area contributed by atoms with Crippen molar-refractivity contribution in [2.75, 3.05) is 11.9 Å². The number of terminal acetylenes is 1. The Morgan fingerprint density at radius 1 is 1.34 bits per heavy atom. The van der Waals surface area contributed by atoms with Crippen molar-refractivity contribution in [2.45, 2.75) is 75.7 Å². The van der Waals surface area contributed by atoms with E-state index >= 15 is 0 Å². The Morgan fingerprint density at radius 2 is 2.16 bits per heavy atom. The van der Waals surface area contributed by atoms with Crippen LogP contribution in [-0.4, -0.2) is 82.8 Å². The number of imidazole rings is 1. The Labute approximate surface area is 185 Å². The van der Waals surface area contributed by atoms with Crippen LogP contribution < -0.4 is 5.32 Å². The van der Waals surface area contributed by atoms with Crippen LogP contribution >= 0.6 is 0 Å². The summed E-state index contributed by atoms with van der Waals surface area (Å²) in [6.07, 6.45) is 7.21. The van der Waals surface area contributed by atoms with Crippen LogP contribution in [0.1, 0.15) is 45.3 Å². The van der Waals surface area contributed by atoms with Gasteiger partial charge in [0.05, 0.1) is 6.33 Å². The van der Waals surface area contributed by atoms with Gasteiger partial charge in [-0.3, -0.25) is 4.57 Å². The number of carbonyl (C=O) groups is 1. The number of carboxylic acid groups (broad SMARTS) is 1. The number of aliphatic hydroxyl groups is 2. The van der Waals surface area contributed by atoms with Crippen LogP contribution in [0.5, 0.6) is 0 Å². The zero-order valence-electron chi connectivity index (χ0n) is 17.8. The first-order chi connectivity index (χ1) is 15.4. The average molecular weight is 444 g/mol. The third-order valence-corrected chi connectivity index (χ3v) is 6.23. The number of unbranched alkanes of at least 4 members (excludes halogenated alkanes) is 1. The lowest BCUT2D eigenvalue weighted by Crippen LogP contribution is -2.48. The molecule has 4 N–H and O–H groups in total. The number of ether oxygens (including phenoxy) is 1. The molecular weight excluding hydrogens is 416 g/mol. The number of nitrogens with one attached hydrogen (secondary N) is 1. The predicted molar refractivity (Wildman–Crippen MR) is 115 cm³/mol. The van der Waals surface area contributed by atoms with Gasteiger partial charge in [0.25, 0.3) is 0 Å². The molecule has 0 saturated carbocycles. The standard InChI is InChI=1S/C21H28N6O5/c1-3-5-6-13-9-12(7-8-26(13)21(30)31)25-18-15-19(23-10-22-18)27(11-24-15)20-17(29)16(28)14(4-2)32-20/h2,10-14,16-17,20,28-29H,3,5-9H2,1H3,(H,30,31)(H,22,23,25)/t12?,13?,14-,16-,17-,20-/m1/s1. The molecule has 2 saturated heterocycles. The number of aliphatic hydroxyl groups excluding tert-OH is 2. The molecule has 4 heterocycles. The second-order valence-electron chi connectivity index (χ2n) is 8.28. The highest BCUT2D eigenvalue weighted by molar-refractivity contribution is 5.82. The molecule has 11 nitrogen and oxygen atoms in total. The molecule has 6 atom stereocenters. The number of anilines is 1. The molecule has 32 heavy (non-hydrogen) atoms. The highest BCUT2D eigenvalue weighted by atomic mass is 16.6. The van der Waals surface area contributed by atoms with Gasteiger partial charge in [0.2, 0.25) is 0 Å². The molecule has 4 rings (SSSR count). The summed E-state index contributed by atoms with van der Waals surface area (Å²) in [5, 5.41) is 33.4. The first-order valence-electron chi connectivity index (χ1n) is 10.9. The number of hydrogen-bond donors (Lipinski definition) is 4. The maximum Gasteiger partial charge on any atom is 0.407 e. The Balaban J connectivity index is 1.54. The van der Waals surface area contributed by atoms with Gasteiger partial charge in [0.1, 0.15) is 24.6 Å². The molecule has 2 unspecified atom stereocenters. The summed E-state index contributed by atoms with van der Waals surface area (Å²) in [6.45, 7) is 2.55. The number of hydrogen-bond acceptors (Lipinski definition) is 8. The zero-order chi connectivity index (χ0) is 22.8. The van der Waals surface area contributed by atoms with Gasteiger partial charge >= 0.3 is 6.09 Å². The van der Waals surface area contributed by atoms with E-state index in [-0.39, 0.29) is 12.1 Å². The van der Waals surface area contributed by atoms with E-state index in [1.807, 2.05) is 0 Å². The van der Waals surface area contributed by atoms with Gasteiger partial charge in [0.15, 0.2) is 23.2 Å². The summed E-state index contributed by atoms with van der Waals surface area (Å²) in [5.74, 6) is 2.85. The van der Waals surface area contributed by atoms with Crippen molar-refractivity contribution in [3.8, 4) is 12.3 Å². The smallest absolute Gasteiger partial charge is 0.407 e. The molecule has 0 aromatic carbocycles. The highest BCUT2D eigenvalue weighted by Gasteiger charge is 2.43. The van der Waals surface area contributed by atoms with Gasteiger partial charge in [-0.05, 0) is 19.3 Å². The van der Waals surface area contributed by atoms with Crippen LogP contribution in [0, 0.1) is 12.3 Å². The third kappa shape index (κ3) is 4.09. The molecule has 172 valence electrons. The Morgan fingerprint density at radius 3 is 2.84 bits per heavy atom. The summed E-state index contributed by atoms with van der Waals surface area (Å²) in [4.78, 5) is 26.1. The largest absolute Gasteiger partial charge is 0.465 e. The van der Waals surface area contributed by atoms with Gasteiger partial charge in [-0.2, -0.15) is 0 Å². The van der Waals surface area contributed by atoms with E-state index in [4.69, 9.17) is 11.2 Å². The monoisotopic (exact) mass is 444 g/mol. The van der Waals surface area contributed by atoms with Crippen molar-refractivity contribution in [3.05, 3.63) is 12.7 Å². The first-order valence-corrected chi connectivity index (χ1v) is 10.9. The van der Waals surface area contributed by atoms with Crippen molar-refractivity contribution < 1.29 is 24.9 Å². The lowest BCUT2D eigenvalue weighted by atomic mass is 9.93. The highest BCUT2D eigenvalue weighted by Crippen LogP contribution is 2.32. The number of likely N-dealkylation sites (tertiary alicyclic amines) is 1. The second-order valence-corrected chi connectivity index (χ2v) is 8.28. The van der Waals surface area contributed by atoms with Crippen LogP contribution in [0.25, 0.3) is 11.2 Å². The van der Waals surface area contributed by atoms with Gasteiger partial charge in [-0.1, -0.05) is 25.7 Å². The number of rotatable bonds is 6. The summed E-state index contributed by atoms with van der Waals surface area (Å²) < 4.78 is 7.14. The fourth-order valence-electron chi connectivity index (χ4n) is 4.51. The van der Waals surface area contributed by atoms with Gasteiger partial charge in [-0.25, -0.2) is 19.7 Å².